The summed E-state index contributed by atoms with van der Waals surface area (Å²) in [7, 11) is 2.97. The van der Waals surface area contributed by atoms with Crippen LogP contribution in [0.2, 0.25) is 0 Å². The van der Waals surface area contributed by atoms with Gasteiger partial charge in [0.25, 0.3) is 5.91 Å². The van der Waals surface area contributed by atoms with E-state index in [2.05, 4.69) is 35.7 Å². The normalized spacial score (nSPS) is 11.8. The van der Waals surface area contributed by atoms with Crippen molar-refractivity contribution >= 4 is 33.4 Å². The number of carbonyl (C=O) groups excluding carboxylic acids is 2. The number of carbonyl (C=O) groups is 2. The van der Waals surface area contributed by atoms with Crippen LogP contribution in [-0.4, -0.2) is 37.3 Å². The minimum atomic E-state index is -0.441. The molecule has 0 saturated carbocycles. The summed E-state index contributed by atoms with van der Waals surface area (Å²) >= 11 is 1.49. The molecule has 0 saturated heterocycles. The van der Waals surface area contributed by atoms with Crippen molar-refractivity contribution < 1.29 is 19.1 Å². The zero-order chi connectivity index (χ0) is 20.3. The predicted molar refractivity (Wildman–Crippen MR) is 109 cm³/mol. The smallest absolute Gasteiger partial charge is 0.337 e. The quantitative estimate of drug-likeness (QED) is 0.617. The van der Waals surface area contributed by atoms with Crippen LogP contribution >= 0.6 is 11.3 Å². The van der Waals surface area contributed by atoms with Crippen molar-refractivity contribution in [3.63, 3.8) is 0 Å². The lowest BCUT2D eigenvalue weighted by Crippen LogP contribution is -2.19. The second kappa shape index (κ2) is 8.50. The Hall–Kier alpha value is -2.77. The average molecular weight is 398 g/mol. The van der Waals surface area contributed by atoms with Crippen molar-refractivity contribution in [1.29, 1.82) is 0 Å². The standard InChI is InChI=1S/C21H22N2O4S/c1-13-11-14(2)18-17(12-13)23(9-10-26-3)21(28-18)22-19(24)15-5-7-16(8-6-15)20(25)27-4/h5-8,11-12H,9-10H2,1-4H3. The molecule has 1 amide bonds. The fraction of sp³-hybridized carbons (Fsp3) is 0.286. The first-order chi connectivity index (χ1) is 13.4. The number of hydrogen-bond acceptors (Lipinski definition) is 5. The first kappa shape index (κ1) is 20.0. The van der Waals surface area contributed by atoms with E-state index in [1.807, 2.05) is 4.57 Å². The highest BCUT2D eigenvalue weighted by Crippen LogP contribution is 2.23. The molecule has 2 aromatic carbocycles. The van der Waals surface area contributed by atoms with Crippen molar-refractivity contribution in [2.75, 3.05) is 20.8 Å². The topological polar surface area (TPSA) is 69.9 Å². The molecule has 3 rings (SSSR count). The van der Waals surface area contributed by atoms with E-state index in [1.165, 1.54) is 18.4 Å². The molecule has 0 atom stereocenters. The second-order valence-corrected chi connectivity index (χ2v) is 7.42. The fourth-order valence-electron chi connectivity index (χ4n) is 3.01. The van der Waals surface area contributed by atoms with Crippen LogP contribution in [0.3, 0.4) is 0 Å². The first-order valence-corrected chi connectivity index (χ1v) is 9.63. The molecule has 0 N–H and O–H groups in total. The third kappa shape index (κ3) is 4.05. The summed E-state index contributed by atoms with van der Waals surface area (Å²) in [6.07, 6.45) is 0. The van der Waals surface area contributed by atoms with Crippen molar-refractivity contribution in [3.05, 3.63) is 63.5 Å². The lowest BCUT2D eigenvalue weighted by Gasteiger charge is -2.06. The summed E-state index contributed by atoms with van der Waals surface area (Å²) < 4.78 is 13.0. The number of aromatic nitrogens is 1. The number of rotatable bonds is 5. The molecule has 0 radical (unpaired) electrons. The van der Waals surface area contributed by atoms with Gasteiger partial charge in [-0.1, -0.05) is 17.4 Å². The van der Waals surface area contributed by atoms with Gasteiger partial charge >= 0.3 is 5.97 Å². The third-order valence-electron chi connectivity index (χ3n) is 4.38. The van der Waals surface area contributed by atoms with Gasteiger partial charge in [0.1, 0.15) is 0 Å². The van der Waals surface area contributed by atoms with Gasteiger partial charge in [-0.15, -0.1) is 0 Å². The molecule has 0 aliphatic carbocycles. The lowest BCUT2D eigenvalue weighted by atomic mass is 10.1. The van der Waals surface area contributed by atoms with Gasteiger partial charge in [-0.05, 0) is 55.3 Å². The van der Waals surface area contributed by atoms with Crippen LogP contribution < -0.4 is 4.80 Å². The summed E-state index contributed by atoms with van der Waals surface area (Å²) in [5, 5.41) is 0. The number of ether oxygens (including phenoxy) is 2. The molecule has 3 aromatic rings. The van der Waals surface area contributed by atoms with Gasteiger partial charge in [0.15, 0.2) is 4.80 Å². The van der Waals surface area contributed by atoms with Crippen LogP contribution in [0.5, 0.6) is 0 Å². The van der Waals surface area contributed by atoms with Gasteiger partial charge in [0.05, 0.1) is 29.5 Å². The zero-order valence-corrected chi connectivity index (χ0v) is 17.1. The van der Waals surface area contributed by atoms with E-state index in [9.17, 15) is 9.59 Å². The van der Waals surface area contributed by atoms with E-state index in [0.29, 0.717) is 29.1 Å². The molecular formula is C21H22N2O4S. The Morgan fingerprint density at radius 1 is 1.07 bits per heavy atom. The van der Waals surface area contributed by atoms with Gasteiger partial charge in [0.2, 0.25) is 0 Å². The maximum Gasteiger partial charge on any atom is 0.337 e. The molecule has 146 valence electrons. The SMILES string of the molecule is COCCn1c(=NC(=O)c2ccc(C(=O)OC)cc2)sc2c(C)cc(C)cc21. The van der Waals surface area contributed by atoms with E-state index in [1.54, 1.807) is 31.4 Å². The number of amides is 1. The van der Waals surface area contributed by atoms with Crippen LogP contribution in [0.1, 0.15) is 31.8 Å². The summed E-state index contributed by atoms with van der Waals surface area (Å²) in [4.78, 5) is 29.2. The molecule has 0 aliphatic heterocycles. The van der Waals surface area contributed by atoms with Crippen LogP contribution in [0.25, 0.3) is 10.2 Å². The van der Waals surface area contributed by atoms with Crippen molar-refractivity contribution in [2.24, 2.45) is 4.99 Å². The molecule has 0 bridgehead atoms. The highest BCUT2D eigenvalue weighted by molar-refractivity contribution is 7.16. The molecule has 0 spiro atoms. The highest BCUT2D eigenvalue weighted by atomic mass is 32.1. The van der Waals surface area contributed by atoms with Crippen LogP contribution in [0, 0.1) is 13.8 Å². The molecule has 0 unspecified atom stereocenters. The van der Waals surface area contributed by atoms with Gasteiger partial charge in [-0.3, -0.25) is 4.79 Å². The Labute approximate surface area is 167 Å². The van der Waals surface area contributed by atoms with Crippen LogP contribution in [-0.2, 0) is 16.0 Å². The molecule has 1 heterocycles. The number of esters is 1. The number of fused-ring (bicyclic) bond motifs is 1. The number of thiazole rings is 1. The largest absolute Gasteiger partial charge is 0.465 e. The number of aryl methyl sites for hydroxylation is 2. The summed E-state index contributed by atoms with van der Waals surface area (Å²) in [5.41, 5.74) is 4.17. The Kier molecular flexibility index (Phi) is 6.06. The summed E-state index contributed by atoms with van der Waals surface area (Å²) in [6, 6.07) is 10.5. The summed E-state index contributed by atoms with van der Waals surface area (Å²) in [5.74, 6) is -0.799. The van der Waals surface area contributed by atoms with Crippen molar-refractivity contribution in [1.82, 2.24) is 4.57 Å². The number of hydrogen-bond donors (Lipinski definition) is 0. The average Bonchev–Trinajstić information content (AvgIpc) is 3.03. The van der Waals surface area contributed by atoms with Crippen molar-refractivity contribution in [3.8, 4) is 0 Å². The van der Waals surface area contributed by atoms with E-state index in [0.717, 1.165) is 21.3 Å². The van der Waals surface area contributed by atoms with Gasteiger partial charge < -0.3 is 14.0 Å². The van der Waals surface area contributed by atoms with Crippen molar-refractivity contribution in [2.45, 2.75) is 20.4 Å². The van der Waals surface area contributed by atoms with E-state index >= 15 is 0 Å². The monoisotopic (exact) mass is 398 g/mol. The molecule has 28 heavy (non-hydrogen) atoms. The Balaban J connectivity index is 2.06. The number of nitrogens with zero attached hydrogens (tertiary/aromatic N) is 2. The Morgan fingerprint density at radius 2 is 1.75 bits per heavy atom. The molecular weight excluding hydrogens is 376 g/mol. The summed E-state index contributed by atoms with van der Waals surface area (Å²) in [6.45, 7) is 5.24. The Bertz CT molecular complexity index is 1090. The lowest BCUT2D eigenvalue weighted by molar-refractivity contribution is 0.0600. The molecule has 0 aliphatic rings. The number of methoxy groups -OCH3 is 2. The van der Waals surface area contributed by atoms with Crippen LogP contribution in [0.4, 0.5) is 0 Å². The molecule has 0 fully saturated rings. The second-order valence-electron chi connectivity index (χ2n) is 6.45. The minimum Gasteiger partial charge on any atom is -0.465 e. The van der Waals surface area contributed by atoms with Gasteiger partial charge in [0, 0.05) is 19.2 Å². The van der Waals surface area contributed by atoms with E-state index in [4.69, 9.17) is 4.74 Å². The predicted octanol–water partition coefficient (Wildman–Crippen LogP) is 3.49. The maximum absolute atomic E-state index is 12.7. The van der Waals surface area contributed by atoms with E-state index in [-0.39, 0.29) is 5.91 Å². The molecule has 6 nitrogen and oxygen atoms in total. The van der Waals surface area contributed by atoms with Gasteiger partial charge in [-0.25, -0.2) is 4.79 Å². The fourth-order valence-corrected chi connectivity index (χ4v) is 4.12. The highest BCUT2D eigenvalue weighted by Gasteiger charge is 2.12. The molecule has 7 heteroatoms. The number of benzene rings is 2. The van der Waals surface area contributed by atoms with E-state index < -0.39 is 5.97 Å². The molecule has 1 aromatic heterocycles. The Morgan fingerprint density at radius 3 is 2.39 bits per heavy atom. The third-order valence-corrected chi connectivity index (χ3v) is 5.61. The van der Waals surface area contributed by atoms with Gasteiger partial charge in [-0.2, -0.15) is 4.99 Å². The maximum atomic E-state index is 12.7. The minimum absolute atomic E-state index is 0.358. The zero-order valence-electron chi connectivity index (χ0n) is 16.3. The van der Waals surface area contributed by atoms with Crippen LogP contribution in [0.15, 0.2) is 41.4 Å². The first-order valence-electron chi connectivity index (χ1n) is 8.81.